The summed E-state index contributed by atoms with van der Waals surface area (Å²) in [7, 11) is 9.59. The minimum atomic E-state index is -0.829. The molecular formula is C43H70N6O5. The first kappa shape index (κ1) is 43.5. The third kappa shape index (κ3) is 9.77. The van der Waals surface area contributed by atoms with Gasteiger partial charge in [-0.1, -0.05) is 66.7 Å². The van der Waals surface area contributed by atoms with E-state index < -0.39 is 24.2 Å². The Kier molecular flexibility index (Phi) is 14.6. The number of methoxy groups -OCH3 is 1. The fourth-order valence-electron chi connectivity index (χ4n) is 8.71. The molecule has 0 radical (unpaired) electrons. The van der Waals surface area contributed by atoms with Gasteiger partial charge in [-0.25, -0.2) is 0 Å². The second kappa shape index (κ2) is 18.2. The number of rotatable bonds is 15. The lowest BCUT2D eigenvalue weighted by Gasteiger charge is -2.50. The Bertz CT molecular complexity index is 1570. The molecule has 2 amide bonds. The Hall–Kier alpha value is -3.22. The molecule has 1 saturated carbocycles. The summed E-state index contributed by atoms with van der Waals surface area (Å²) >= 11 is 0. The van der Waals surface area contributed by atoms with Crippen molar-refractivity contribution in [2.45, 2.75) is 105 Å². The SMILES string of the molecule is COc1c(CN2O[C@@H](CN)[C@@H]([C@H](C)O)[C@H]2C(=O)N[C@H]2C[C@@H](C)C(C)(C)[C@@H](C)[C@@H]2C)cccc1-c1cc(C(=O)N[C@H](CC(C)C)CN(C)C)cc(N(C)C)c1. The number of likely N-dealkylation sites (N-methyl/N-ethyl adjacent to an activating group) is 1. The molecule has 0 spiro atoms. The molecule has 0 bridgehead atoms. The molecule has 2 aliphatic rings. The minimum absolute atomic E-state index is 0.000665. The van der Waals surface area contributed by atoms with Crippen LogP contribution in [0.4, 0.5) is 5.69 Å². The molecule has 1 saturated heterocycles. The fraction of sp³-hybridized carbons (Fsp3) is 0.674. The van der Waals surface area contributed by atoms with Crippen LogP contribution in [0, 0.1) is 35.0 Å². The maximum atomic E-state index is 14.4. The molecule has 5 N–H and O–H groups in total. The Labute approximate surface area is 325 Å². The van der Waals surface area contributed by atoms with E-state index in [1.165, 1.54) is 0 Å². The van der Waals surface area contributed by atoms with Gasteiger partial charge in [0.1, 0.15) is 11.8 Å². The predicted molar refractivity (Wildman–Crippen MR) is 218 cm³/mol. The summed E-state index contributed by atoms with van der Waals surface area (Å²) in [6.07, 6.45) is 0.381. The number of hydrogen-bond acceptors (Lipinski definition) is 9. The largest absolute Gasteiger partial charge is 0.496 e. The highest BCUT2D eigenvalue weighted by atomic mass is 16.7. The highest BCUT2D eigenvalue weighted by Crippen LogP contribution is 2.47. The van der Waals surface area contributed by atoms with Crippen LogP contribution in [0.15, 0.2) is 36.4 Å². The first-order valence-corrected chi connectivity index (χ1v) is 19.9. The van der Waals surface area contributed by atoms with Crippen molar-refractivity contribution in [3.05, 3.63) is 47.5 Å². The summed E-state index contributed by atoms with van der Waals surface area (Å²) in [5.41, 5.74) is 10.2. The smallest absolute Gasteiger partial charge is 0.251 e. The number of para-hydroxylation sites is 1. The summed E-state index contributed by atoms with van der Waals surface area (Å²) in [4.78, 5) is 38.7. The van der Waals surface area contributed by atoms with E-state index >= 15 is 0 Å². The van der Waals surface area contributed by atoms with Gasteiger partial charge in [0, 0.05) is 67.6 Å². The van der Waals surface area contributed by atoms with Crippen LogP contribution < -0.4 is 26.0 Å². The van der Waals surface area contributed by atoms with Gasteiger partial charge >= 0.3 is 0 Å². The van der Waals surface area contributed by atoms with Crippen molar-refractivity contribution in [3.8, 4) is 16.9 Å². The van der Waals surface area contributed by atoms with Crippen molar-refractivity contribution in [3.63, 3.8) is 0 Å². The zero-order chi connectivity index (χ0) is 40.2. The maximum absolute atomic E-state index is 14.4. The molecule has 1 aliphatic carbocycles. The summed E-state index contributed by atoms with van der Waals surface area (Å²) in [6, 6.07) is 11.0. The number of aliphatic hydroxyl groups excluding tert-OH is 1. The van der Waals surface area contributed by atoms with Crippen molar-refractivity contribution in [2.75, 3.05) is 53.3 Å². The summed E-state index contributed by atoms with van der Waals surface area (Å²) in [5.74, 6) is 1.35. The predicted octanol–water partition coefficient (Wildman–Crippen LogP) is 5.40. The lowest BCUT2D eigenvalue weighted by atomic mass is 9.58. The van der Waals surface area contributed by atoms with Crippen LogP contribution in [-0.2, 0) is 16.2 Å². The fourth-order valence-corrected chi connectivity index (χ4v) is 8.71. The topological polar surface area (TPSA) is 133 Å². The van der Waals surface area contributed by atoms with Gasteiger partial charge in [-0.2, -0.15) is 5.06 Å². The molecule has 1 aliphatic heterocycles. The van der Waals surface area contributed by atoms with Gasteiger partial charge in [-0.05, 0) is 86.7 Å². The average molecular weight is 751 g/mol. The van der Waals surface area contributed by atoms with E-state index in [1.807, 2.05) is 63.4 Å². The van der Waals surface area contributed by atoms with Crippen LogP contribution >= 0.6 is 0 Å². The number of nitrogens with one attached hydrogen (secondary N) is 2. The van der Waals surface area contributed by atoms with Crippen molar-refractivity contribution in [1.29, 1.82) is 0 Å². The van der Waals surface area contributed by atoms with E-state index in [0.29, 0.717) is 29.1 Å². The number of carbonyl (C=O) groups is 2. The van der Waals surface area contributed by atoms with Crippen molar-refractivity contribution < 1.29 is 24.3 Å². The normalized spacial score (nSPS) is 26.8. The lowest BCUT2D eigenvalue weighted by Crippen LogP contribution is -2.56. The Morgan fingerprint density at radius 1 is 1.09 bits per heavy atom. The Morgan fingerprint density at radius 3 is 2.35 bits per heavy atom. The number of hydrogen-bond donors (Lipinski definition) is 4. The number of nitrogens with two attached hydrogens (primary N) is 1. The second-order valence-electron chi connectivity index (χ2n) is 17.7. The lowest BCUT2D eigenvalue weighted by molar-refractivity contribution is -0.174. The molecule has 302 valence electrons. The summed E-state index contributed by atoms with van der Waals surface area (Å²) in [5, 5.41) is 19.4. The van der Waals surface area contributed by atoms with E-state index in [0.717, 1.165) is 41.8 Å². The van der Waals surface area contributed by atoms with Gasteiger partial charge in [-0.3, -0.25) is 14.4 Å². The van der Waals surface area contributed by atoms with Crippen LogP contribution in [-0.4, -0.2) is 106 Å². The molecule has 4 rings (SSSR count). The van der Waals surface area contributed by atoms with Crippen molar-refractivity contribution in [1.82, 2.24) is 20.6 Å². The van der Waals surface area contributed by atoms with Crippen LogP contribution in [0.5, 0.6) is 5.75 Å². The third-order valence-corrected chi connectivity index (χ3v) is 12.5. The van der Waals surface area contributed by atoms with Gasteiger partial charge < -0.3 is 36.0 Å². The second-order valence-corrected chi connectivity index (χ2v) is 17.7. The minimum Gasteiger partial charge on any atom is -0.496 e. The first-order valence-electron chi connectivity index (χ1n) is 19.9. The zero-order valence-electron chi connectivity index (χ0n) is 35.3. The Balaban J connectivity index is 1.69. The summed E-state index contributed by atoms with van der Waals surface area (Å²) < 4.78 is 6.12. The molecule has 9 atom stereocenters. The number of benzene rings is 2. The number of anilines is 1. The van der Waals surface area contributed by atoms with E-state index in [9.17, 15) is 14.7 Å². The standard InChI is InChI=1S/C43H70N6O5/c1-25(2)17-33(24-47(9)10)45-41(51)32-19-31(20-34(21-32)48(11)12)35-16-14-15-30(40(35)53-13)23-49-39(38(29(6)50)37(22-44)54-49)42(52)46-36-18-26(3)43(7,8)28(5)27(36)4/h14-16,19-21,25-29,33,36-39,50H,17-18,22-24,44H2,1-13H3,(H,45,51)(H,46,52)/t26-,27+,28+,29+,33-,36+,37+,38-,39+/m1/s1. The van der Waals surface area contributed by atoms with E-state index in [2.05, 4.69) is 70.1 Å². The molecule has 2 fully saturated rings. The number of aliphatic hydroxyl groups is 1. The van der Waals surface area contributed by atoms with E-state index in [-0.39, 0.29) is 48.3 Å². The maximum Gasteiger partial charge on any atom is 0.251 e. The first-order chi connectivity index (χ1) is 25.3. The molecule has 54 heavy (non-hydrogen) atoms. The van der Waals surface area contributed by atoms with Crippen LogP contribution in [0.3, 0.4) is 0 Å². The monoisotopic (exact) mass is 751 g/mol. The van der Waals surface area contributed by atoms with Crippen molar-refractivity contribution in [2.24, 2.45) is 40.7 Å². The van der Waals surface area contributed by atoms with E-state index in [1.54, 1.807) is 19.1 Å². The van der Waals surface area contributed by atoms with Gasteiger partial charge in [-0.15, -0.1) is 0 Å². The van der Waals surface area contributed by atoms with Crippen LogP contribution in [0.1, 0.15) is 84.2 Å². The van der Waals surface area contributed by atoms with Gasteiger partial charge in [0.05, 0.1) is 25.9 Å². The third-order valence-electron chi connectivity index (χ3n) is 12.5. The molecule has 11 heteroatoms. The van der Waals surface area contributed by atoms with Gasteiger partial charge in [0.15, 0.2) is 0 Å². The number of hydroxylamine groups is 2. The molecule has 11 nitrogen and oxygen atoms in total. The Morgan fingerprint density at radius 2 is 1.78 bits per heavy atom. The zero-order valence-corrected chi connectivity index (χ0v) is 35.3. The van der Waals surface area contributed by atoms with Crippen LogP contribution in [0.2, 0.25) is 0 Å². The number of carbonyl (C=O) groups excluding carboxylic acids is 2. The molecule has 1 heterocycles. The quantitative estimate of drug-likeness (QED) is 0.189. The average Bonchev–Trinajstić information content (AvgIpc) is 3.47. The molecule has 2 aromatic carbocycles. The van der Waals surface area contributed by atoms with Crippen molar-refractivity contribution >= 4 is 17.5 Å². The van der Waals surface area contributed by atoms with E-state index in [4.69, 9.17) is 15.3 Å². The number of nitrogens with zero attached hydrogens (tertiary/aromatic N) is 3. The molecule has 2 aromatic rings. The highest BCUT2D eigenvalue weighted by Gasteiger charge is 2.51. The molecule has 0 unspecified atom stereocenters. The molecular weight excluding hydrogens is 681 g/mol. The number of ether oxygens (including phenoxy) is 1. The van der Waals surface area contributed by atoms with Gasteiger partial charge in [0.2, 0.25) is 5.91 Å². The van der Waals surface area contributed by atoms with Gasteiger partial charge in [0.25, 0.3) is 5.91 Å². The number of amides is 2. The summed E-state index contributed by atoms with van der Waals surface area (Å²) in [6.45, 7) is 18.6. The van der Waals surface area contributed by atoms with Crippen LogP contribution in [0.25, 0.3) is 11.1 Å². The highest BCUT2D eigenvalue weighted by molar-refractivity contribution is 5.97. The molecule has 0 aromatic heterocycles.